The highest BCUT2D eigenvalue weighted by Crippen LogP contribution is 2.29. The normalized spacial score (nSPS) is 22.2. The third kappa shape index (κ3) is 4.11. The second kappa shape index (κ2) is 6.35. The number of anilines is 1. The van der Waals surface area contributed by atoms with Crippen LogP contribution in [0.2, 0.25) is 0 Å². The van der Waals surface area contributed by atoms with Crippen LogP contribution in [-0.4, -0.2) is 42.6 Å². The van der Waals surface area contributed by atoms with Gasteiger partial charge in [-0.15, -0.1) is 0 Å². The first-order chi connectivity index (χ1) is 10.2. The third-order valence-electron chi connectivity index (χ3n) is 4.13. The fraction of sp³-hybridized carbons (Fsp3) is 0.562. The van der Waals surface area contributed by atoms with Gasteiger partial charge in [-0.1, -0.05) is 0 Å². The number of amides is 1. The van der Waals surface area contributed by atoms with E-state index in [1.54, 1.807) is 12.1 Å². The molecule has 3 rings (SSSR count). The van der Waals surface area contributed by atoms with Crippen molar-refractivity contribution >= 4 is 11.6 Å². The number of nitrogens with two attached hydrogens (primary N) is 1. The van der Waals surface area contributed by atoms with E-state index < -0.39 is 0 Å². The van der Waals surface area contributed by atoms with E-state index in [0.717, 1.165) is 31.3 Å². The van der Waals surface area contributed by atoms with E-state index >= 15 is 0 Å². The molecule has 1 aliphatic heterocycles. The molecule has 0 bridgehead atoms. The van der Waals surface area contributed by atoms with Crippen LogP contribution in [0.5, 0.6) is 5.75 Å². The van der Waals surface area contributed by atoms with E-state index in [9.17, 15) is 4.79 Å². The monoisotopic (exact) mass is 289 g/mol. The zero-order valence-electron chi connectivity index (χ0n) is 12.3. The van der Waals surface area contributed by atoms with E-state index in [4.69, 9.17) is 10.5 Å². The molecule has 1 aromatic rings. The van der Waals surface area contributed by atoms with Crippen molar-refractivity contribution in [2.75, 3.05) is 25.4 Å². The number of ether oxygens (including phenoxy) is 1. The number of nitrogen functional groups attached to an aromatic ring is 1. The van der Waals surface area contributed by atoms with Gasteiger partial charge in [0.1, 0.15) is 5.75 Å². The van der Waals surface area contributed by atoms with Crippen LogP contribution < -0.4 is 15.8 Å². The quantitative estimate of drug-likeness (QED) is 0.777. The van der Waals surface area contributed by atoms with E-state index in [0.29, 0.717) is 24.8 Å². The average Bonchev–Trinajstić information content (AvgIpc) is 3.22. The number of nitrogens with one attached hydrogen (secondary N) is 1. The van der Waals surface area contributed by atoms with Gasteiger partial charge in [0.25, 0.3) is 0 Å². The Morgan fingerprint density at radius 3 is 2.76 bits per heavy atom. The number of likely N-dealkylation sites (tertiary alicyclic amines) is 1. The first-order valence-corrected chi connectivity index (χ1v) is 7.72. The summed E-state index contributed by atoms with van der Waals surface area (Å²) in [7, 11) is 0. The molecular weight excluding hydrogens is 266 g/mol. The predicted octanol–water partition coefficient (Wildman–Crippen LogP) is 1.39. The smallest absolute Gasteiger partial charge is 0.223 e. The number of carbonyl (C=O) groups is 1. The average molecular weight is 289 g/mol. The summed E-state index contributed by atoms with van der Waals surface area (Å²) in [5.41, 5.74) is 6.32. The van der Waals surface area contributed by atoms with Crippen molar-refractivity contribution in [3.63, 3.8) is 0 Å². The SMILES string of the molecule is Nc1ccc(OCCC(=O)NC2CCN(C3CC3)C2)cc1. The highest BCUT2D eigenvalue weighted by atomic mass is 16.5. The molecule has 1 saturated heterocycles. The van der Waals surface area contributed by atoms with Gasteiger partial charge in [-0.3, -0.25) is 9.69 Å². The molecule has 1 aromatic carbocycles. The maximum absolute atomic E-state index is 11.9. The fourth-order valence-corrected chi connectivity index (χ4v) is 2.80. The molecule has 0 spiro atoms. The Labute approximate surface area is 125 Å². The highest BCUT2D eigenvalue weighted by molar-refractivity contribution is 5.76. The largest absolute Gasteiger partial charge is 0.493 e. The summed E-state index contributed by atoms with van der Waals surface area (Å²) in [6.45, 7) is 2.53. The van der Waals surface area contributed by atoms with Crippen LogP contribution >= 0.6 is 0 Å². The molecule has 1 aliphatic carbocycles. The molecule has 1 heterocycles. The van der Waals surface area contributed by atoms with Gasteiger partial charge in [0.15, 0.2) is 0 Å². The highest BCUT2D eigenvalue weighted by Gasteiger charge is 2.34. The number of hydrogen-bond donors (Lipinski definition) is 2. The summed E-state index contributed by atoms with van der Waals surface area (Å²) in [6, 6.07) is 8.33. The Bertz CT molecular complexity index is 485. The second-order valence-electron chi connectivity index (χ2n) is 5.95. The lowest BCUT2D eigenvalue weighted by molar-refractivity contribution is -0.122. The molecule has 1 saturated carbocycles. The van der Waals surface area contributed by atoms with Gasteiger partial charge in [-0.25, -0.2) is 0 Å². The Kier molecular flexibility index (Phi) is 4.29. The zero-order valence-corrected chi connectivity index (χ0v) is 12.3. The van der Waals surface area contributed by atoms with Crippen LogP contribution in [0, 0.1) is 0 Å². The molecule has 1 unspecified atom stereocenters. The van der Waals surface area contributed by atoms with Crippen molar-refractivity contribution < 1.29 is 9.53 Å². The van der Waals surface area contributed by atoms with Crippen molar-refractivity contribution in [2.24, 2.45) is 0 Å². The summed E-state index contributed by atoms with van der Waals surface area (Å²) in [4.78, 5) is 14.4. The standard InChI is InChI=1S/C16H23N3O2/c17-12-1-5-15(6-2-12)21-10-8-16(20)18-13-7-9-19(11-13)14-3-4-14/h1-2,5-6,13-14H,3-4,7-11,17H2,(H,18,20). The molecule has 0 aromatic heterocycles. The van der Waals surface area contributed by atoms with Crippen LogP contribution in [0.25, 0.3) is 0 Å². The summed E-state index contributed by atoms with van der Waals surface area (Å²) < 4.78 is 5.54. The van der Waals surface area contributed by atoms with Gasteiger partial charge < -0.3 is 15.8 Å². The van der Waals surface area contributed by atoms with Gasteiger partial charge in [0.2, 0.25) is 5.91 Å². The number of rotatable bonds is 6. The molecule has 3 N–H and O–H groups in total. The maximum Gasteiger partial charge on any atom is 0.223 e. The topological polar surface area (TPSA) is 67.6 Å². The van der Waals surface area contributed by atoms with E-state index in [1.807, 2.05) is 12.1 Å². The van der Waals surface area contributed by atoms with Gasteiger partial charge in [0.05, 0.1) is 13.0 Å². The number of nitrogens with zero attached hydrogens (tertiary/aromatic N) is 1. The minimum absolute atomic E-state index is 0.0769. The molecule has 21 heavy (non-hydrogen) atoms. The van der Waals surface area contributed by atoms with E-state index in [1.165, 1.54) is 12.8 Å². The molecule has 1 atom stereocenters. The van der Waals surface area contributed by atoms with Crippen LogP contribution in [-0.2, 0) is 4.79 Å². The molecule has 0 radical (unpaired) electrons. The van der Waals surface area contributed by atoms with Crippen molar-refractivity contribution in [3.8, 4) is 5.75 Å². The van der Waals surface area contributed by atoms with Gasteiger partial charge in [-0.2, -0.15) is 0 Å². The predicted molar refractivity (Wildman–Crippen MR) is 82.1 cm³/mol. The Morgan fingerprint density at radius 1 is 1.29 bits per heavy atom. The minimum atomic E-state index is 0.0769. The first kappa shape index (κ1) is 14.2. The van der Waals surface area contributed by atoms with Crippen LogP contribution in [0.15, 0.2) is 24.3 Å². The van der Waals surface area contributed by atoms with Crippen molar-refractivity contribution in [1.29, 1.82) is 0 Å². The lowest BCUT2D eigenvalue weighted by Crippen LogP contribution is -2.38. The molecule has 5 nitrogen and oxygen atoms in total. The van der Waals surface area contributed by atoms with E-state index in [-0.39, 0.29) is 5.91 Å². The van der Waals surface area contributed by atoms with Crippen molar-refractivity contribution in [2.45, 2.75) is 37.8 Å². The van der Waals surface area contributed by atoms with Crippen LogP contribution in [0.4, 0.5) is 5.69 Å². The summed E-state index contributed by atoms with van der Waals surface area (Å²) >= 11 is 0. The molecule has 2 fully saturated rings. The Morgan fingerprint density at radius 2 is 2.05 bits per heavy atom. The lowest BCUT2D eigenvalue weighted by atomic mass is 10.2. The third-order valence-corrected chi connectivity index (χ3v) is 4.13. The Hall–Kier alpha value is -1.75. The molecular formula is C16H23N3O2. The zero-order chi connectivity index (χ0) is 14.7. The first-order valence-electron chi connectivity index (χ1n) is 7.72. The summed E-state index contributed by atoms with van der Waals surface area (Å²) in [6.07, 6.45) is 4.12. The Balaban J connectivity index is 1.33. The fourth-order valence-electron chi connectivity index (χ4n) is 2.80. The minimum Gasteiger partial charge on any atom is -0.493 e. The number of carbonyl (C=O) groups excluding carboxylic acids is 1. The van der Waals surface area contributed by atoms with Gasteiger partial charge in [0, 0.05) is 30.9 Å². The number of hydrogen-bond acceptors (Lipinski definition) is 4. The maximum atomic E-state index is 11.9. The molecule has 5 heteroatoms. The van der Waals surface area contributed by atoms with Gasteiger partial charge >= 0.3 is 0 Å². The summed E-state index contributed by atoms with van der Waals surface area (Å²) in [5, 5.41) is 3.11. The lowest BCUT2D eigenvalue weighted by Gasteiger charge is -2.15. The van der Waals surface area contributed by atoms with Crippen LogP contribution in [0.3, 0.4) is 0 Å². The van der Waals surface area contributed by atoms with E-state index in [2.05, 4.69) is 10.2 Å². The molecule has 114 valence electrons. The summed E-state index contributed by atoms with van der Waals surface area (Å²) in [5.74, 6) is 0.825. The van der Waals surface area contributed by atoms with Crippen molar-refractivity contribution in [3.05, 3.63) is 24.3 Å². The van der Waals surface area contributed by atoms with Crippen molar-refractivity contribution in [1.82, 2.24) is 10.2 Å². The number of benzene rings is 1. The second-order valence-corrected chi connectivity index (χ2v) is 5.95. The molecule has 2 aliphatic rings. The molecule has 1 amide bonds. The van der Waals surface area contributed by atoms with Crippen LogP contribution in [0.1, 0.15) is 25.7 Å². The van der Waals surface area contributed by atoms with Gasteiger partial charge in [-0.05, 0) is 43.5 Å².